The molecule has 2 aromatic carbocycles. The van der Waals surface area contributed by atoms with E-state index in [0.717, 1.165) is 40.4 Å². The highest BCUT2D eigenvalue weighted by atomic mass is 35.5. The minimum atomic E-state index is 0.0745. The third-order valence-corrected chi connectivity index (χ3v) is 6.94. The third kappa shape index (κ3) is 6.42. The Bertz CT molecular complexity index is 1030. The van der Waals surface area contributed by atoms with Crippen LogP contribution in [0.2, 0.25) is 5.02 Å². The number of carbonyl (C=O) groups excluding carboxylic acids is 1. The number of halogens is 1. The lowest BCUT2D eigenvalue weighted by molar-refractivity contribution is 0.0120. The van der Waals surface area contributed by atoms with Gasteiger partial charge in [0.05, 0.1) is 39.6 Å². The molecular weight excluding hydrogens is 466 g/mol. The molecule has 4 rings (SSSR count). The predicted octanol–water partition coefficient (Wildman–Crippen LogP) is 3.19. The number of carbonyl (C=O) groups is 1. The van der Waals surface area contributed by atoms with Crippen molar-refractivity contribution in [2.45, 2.75) is 25.9 Å². The first-order valence-electron chi connectivity index (χ1n) is 12.3. The maximum atomic E-state index is 13.1. The van der Waals surface area contributed by atoms with Gasteiger partial charge in [0.15, 0.2) is 0 Å². The summed E-state index contributed by atoms with van der Waals surface area (Å²) in [6.45, 7) is 8.62. The SMILES string of the molecule is Cc1cc(Cl)c2c(c1)C(c1ccc3c(c1)C(=O)N(CCOCCOCCOCCN)C3)CN(C)C2. The monoisotopic (exact) mass is 501 g/mol. The lowest BCUT2D eigenvalue weighted by Gasteiger charge is -2.33. The Kier molecular flexibility index (Phi) is 9.16. The van der Waals surface area contributed by atoms with E-state index in [4.69, 9.17) is 31.5 Å². The minimum Gasteiger partial charge on any atom is -0.378 e. The van der Waals surface area contributed by atoms with Crippen LogP contribution in [0.3, 0.4) is 0 Å². The molecule has 2 aromatic rings. The van der Waals surface area contributed by atoms with Crippen molar-refractivity contribution in [3.8, 4) is 0 Å². The van der Waals surface area contributed by atoms with Crippen molar-refractivity contribution < 1.29 is 19.0 Å². The number of fused-ring (bicyclic) bond motifs is 2. The molecule has 2 aliphatic rings. The molecule has 1 unspecified atom stereocenters. The third-order valence-electron chi connectivity index (χ3n) is 6.60. The van der Waals surface area contributed by atoms with Gasteiger partial charge in [-0.1, -0.05) is 29.8 Å². The standard InChI is InChI=1S/C27H36ClN3O4/c1-19-13-23-24(17-30(2)18-25(23)26(28)14-19)20-3-4-21-16-31(27(32)22(21)15-20)6-8-34-10-12-35-11-9-33-7-5-29/h3-4,13-15,24H,5-12,16-18,29H2,1-2H3. The van der Waals surface area contributed by atoms with Gasteiger partial charge in [0.1, 0.15) is 0 Å². The molecule has 0 fully saturated rings. The van der Waals surface area contributed by atoms with Crippen molar-refractivity contribution in [1.29, 1.82) is 0 Å². The fraction of sp³-hybridized carbons (Fsp3) is 0.519. The molecule has 0 radical (unpaired) electrons. The zero-order chi connectivity index (χ0) is 24.8. The van der Waals surface area contributed by atoms with Gasteiger partial charge in [-0.05, 0) is 53.9 Å². The van der Waals surface area contributed by atoms with Gasteiger partial charge in [-0.2, -0.15) is 0 Å². The Hall–Kier alpha value is -2.00. The number of benzene rings is 2. The number of hydrogen-bond acceptors (Lipinski definition) is 6. The summed E-state index contributed by atoms with van der Waals surface area (Å²) in [6, 6.07) is 10.6. The molecule has 190 valence electrons. The number of ether oxygens (including phenoxy) is 3. The second kappa shape index (κ2) is 12.3. The minimum absolute atomic E-state index is 0.0745. The maximum absolute atomic E-state index is 13.1. The van der Waals surface area contributed by atoms with Crippen LogP contribution in [0.25, 0.3) is 0 Å². The average Bonchev–Trinajstić information content (AvgIpc) is 3.15. The van der Waals surface area contributed by atoms with Gasteiger partial charge in [-0.25, -0.2) is 0 Å². The van der Waals surface area contributed by atoms with E-state index in [9.17, 15) is 4.79 Å². The number of aryl methyl sites for hydroxylation is 1. The molecular formula is C27H36ClN3O4. The summed E-state index contributed by atoms with van der Waals surface area (Å²) in [5, 5.41) is 0.824. The van der Waals surface area contributed by atoms with Crippen LogP contribution < -0.4 is 5.73 Å². The summed E-state index contributed by atoms with van der Waals surface area (Å²) < 4.78 is 16.4. The first kappa shape index (κ1) is 26.1. The lowest BCUT2D eigenvalue weighted by atomic mass is 9.83. The molecule has 0 spiro atoms. The normalized spacial score (nSPS) is 17.7. The topological polar surface area (TPSA) is 77.3 Å². The Balaban J connectivity index is 1.32. The molecule has 7 nitrogen and oxygen atoms in total. The molecule has 0 saturated carbocycles. The molecule has 35 heavy (non-hydrogen) atoms. The Morgan fingerprint density at radius 3 is 2.46 bits per heavy atom. The lowest BCUT2D eigenvalue weighted by Crippen LogP contribution is -2.31. The van der Waals surface area contributed by atoms with Crippen LogP contribution in [0, 0.1) is 6.92 Å². The molecule has 8 heteroatoms. The molecule has 2 heterocycles. The Morgan fingerprint density at radius 1 is 1.00 bits per heavy atom. The zero-order valence-corrected chi connectivity index (χ0v) is 21.5. The van der Waals surface area contributed by atoms with E-state index in [1.54, 1.807) is 0 Å². The summed E-state index contributed by atoms with van der Waals surface area (Å²) >= 11 is 6.60. The van der Waals surface area contributed by atoms with E-state index in [-0.39, 0.29) is 11.8 Å². The second-order valence-electron chi connectivity index (χ2n) is 9.33. The van der Waals surface area contributed by atoms with Gasteiger partial charge in [0.2, 0.25) is 0 Å². The van der Waals surface area contributed by atoms with E-state index in [0.29, 0.717) is 59.3 Å². The van der Waals surface area contributed by atoms with E-state index in [2.05, 4.69) is 43.1 Å². The second-order valence-corrected chi connectivity index (χ2v) is 9.74. The van der Waals surface area contributed by atoms with Crippen LogP contribution in [0.4, 0.5) is 0 Å². The van der Waals surface area contributed by atoms with Crippen LogP contribution in [0.5, 0.6) is 0 Å². The molecule has 0 saturated heterocycles. The van der Waals surface area contributed by atoms with Crippen molar-refractivity contribution in [2.24, 2.45) is 5.73 Å². The highest BCUT2D eigenvalue weighted by Crippen LogP contribution is 2.38. The first-order valence-corrected chi connectivity index (χ1v) is 12.7. The molecule has 2 aliphatic heterocycles. The Morgan fingerprint density at radius 2 is 1.71 bits per heavy atom. The van der Waals surface area contributed by atoms with Crippen molar-refractivity contribution in [3.05, 3.63) is 68.7 Å². The number of rotatable bonds is 12. The summed E-state index contributed by atoms with van der Waals surface area (Å²) in [7, 11) is 2.12. The van der Waals surface area contributed by atoms with E-state index in [1.807, 2.05) is 11.0 Å². The Labute approximate surface area is 213 Å². The fourth-order valence-electron chi connectivity index (χ4n) is 4.88. The van der Waals surface area contributed by atoms with Crippen LogP contribution in [0.1, 0.15) is 44.1 Å². The van der Waals surface area contributed by atoms with Gasteiger partial charge in [0, 0.05) is 49.2 Å². The van der Waals surface area contributed by atoms with E-state index in [1.165, 1.54) is 11.1 Å². The van der Waals surface area contributed by atoms with Gasteiger partial charge in [-0.3, -0.25) is 4.79 Å². The largest absolute Gasteiger partial charge is 0.378 e. The molecule has 1 amide bonds. The van der Waals surface area contributed by atoms with Crippen LogP contribution in [-0.2, 0) is 27.3 Å². The van der Waals surface area contributed by atoms with Crippen LogP contribution in [0.15, 0.2) is 30.3 Å². The summed E-state index contributed by atoms with van der Waals surface area (Å²) in [4.78, 5) is 17.3. The van der Waals surface area contributed by atoms with Crippen molar-refractivity contribution >= 4 is 17.5 Å². The number of hydrogen-bond donors (Lipinski definition) is 1. The molecule has 0 aromatic heterocycles. The molecule has 0 bridgehead atoms. The van der Waals surface area contributed by atoms with Crippen LogP contribution in [-0.4, -0.2) is 82.0 Å². The number of likely N-dealkylation sites (N-methyl/N-ethyl adjacent to an activating group) is 1. The molecule has 1 atom stereocenters. The number of amides is 1. The van der Waals surface area contributed by atoms with E-state index < -0.39 is 0 Å². The molecule has 0 aliphatic carbocycles. The van der Waals surface area contributed by atoms with Crippen molar-refractivity contribution in [3.63, 3.8) is 0 Å². The number of nitrogens with zero attached hydrogens (tertiary/aromatic N) is 2. The highest BCUT2D eigenvalue weighted by Gasteiger charge is 2.31. The highest BCUT2D eigenvalue weighted by molar-refractivity contribution is 6.31. The summed E-state index contributed by atoms with van der Waals surface area (Å²) in [5.74, 6) is 0.266. The zero-order valence-electron chi connectivity index (χ0n) is 20.7. The maximum Gasteiger partial charge on any atom is 0.254 e. The van der Waals surface area contributed by atoms with Crippen molar-refractivity contribution in [2.75, 3.05) is 66.3 Å². The van der Waals surface area contributed by atoms with E-state index >= 15 is 0 Å². The predicted molar refractivity (Wildman–Crippen MR) is 137 cm³/mol. The molecule has 2 N–H and O–H groups in total. The first-order chi connectivity index (χ1) is 17.0. The van der Waals surface area contributed by atoms with Gasteiger partial charge in [-0.15, -0.1) is 0 Å². The smallest absolute Gasteiger partial charge is 0.254 e. The quantitative estimate of drug-likeness (QED) is 0.450. The summed E-state index contributed by atoms with van der Waals surface area (Å²) in [5.41, 5.74) is 12.0. The van der Waals surface area contributed by atoms with Gasteiger partial charge >= 0.3 is 0 Å². The van der Waals surface area contributed by atoms with Crippen molar-refractivity contribution in [1.82, 2.24) is 9.80 Å². The van der Waals surface area contributed by atoms with Gasteiger partial charge in [0.25, 0.3) is 5.91 Å². The number of nitrogens with two attached hydrogens (primary N) is 1. The van der Waals surface area contributed by atoms with Crippen LogP contribution >= 0.6 is 11.6 Å². The van der Waals surface area contributed by atoms with Gasteiger partial charge < -0.3 is 29.7 Å². The average molecular weight is 502 g/mol. The fourth-order valence-corrected chi connectivity index (χ4v) is 5.22. The summed E-state index contributed by atoms with van der Waals surface area (Å²) in [6.07, 6.45) is 0.